The van der Waals surface area contributed by atoms with Crippen LogP contribution in [0.25, 0.3) is 0 Å². The van der Waals surface area contributed by atoms with Gasteiger partial charge in [0.25, 0.3) is 0 Å². The van der Waals surface area contributed by atoms with Crippen LogP contribution in [0.1, 0.15) is 26.0 Å². The average Bonchev–Trinajstić information content (AvgIpc) is 2.92. The van der Waals surface area contributed by atoms with Gasteiger partial charge in [0, 0.05) is 18.2 Å². The zero-order valence-corrected chi connectivity index (χ0v) is 11.6. The molecule has 0 radical (unpaired) electrons. The molecular weight excluding hydrogens is 238 g/mol. The van der Waals surface area contributed by atoms with Crippen LogP contribution >= 0.6 is 0 Å². The van der Waals surface area contributed by atoms with E-state index in [0.29, 0.717) is 12.6 Å². The normalized spacial score (nSPS) is 12.1. The number of ether oxygens (including phenoxy) is 1. The van der Waals surface area contributed by atoms with E-state index in [4.69, 9.17) is 9.15 Å². The van der Waals surface area contributed by atoms with Gasteiger partial charge in [-0.2, -0.15) is 0 Å². The smallest absolute Gasteiger partial charge is 0.119 e. The molecule has 1 unspecified atom stereocenters. The van der Waals surface area contributed by atoms with Crippen molar-refractivity contribution in [1.29, 1.82) is 0 Å². The van der Waals surface area contributed by atoms with Crippen molar-refractivity contribution < 1.29 is 9.15 Å². The third-order valence-electron chi connectivity index (χ3n) is 2.98. The number of benzene rings is 1. The summed E-state index contributed by atoms with van der Waals surface area (Å²) in [5, 5.41) is 3.48. The van der Waals surface area contributed by atoms with E-state index in [9.17, 15) is 0 Å². The Kier molecular flexibility index (Phi) is 4.90. The lowest BCUT2D eigenvalue weighted by molar-refractivity contribution is 0.340. The first-order valence-electron chi connectivity index (χ1n) is 6.79. The summed E-state index contributed by atoms with van der Waals surface area (Å²) in [5.74, 6) is 1.96. The highest BCUT2D eigenvalue weighted by Crippen LogP contribution is 2.17. The minimum Gasteiger partial charge on any atom is -0.494 e. The summed E-state index contributed by atoms with van der Waals surface area (Å²) in [7, 11) is 0. The monoisotopic (exact) mass is 259 g/mol. The molecule has 0 aliphatic carbocycles. The Labute approximate surface area is 114 Å². The van der Waals surface area contributed by atoms with Crippen molar-refractivity contribution >= 4 is 5.69 Å². The second-order valence-corrected chi connectivity index (χ2v) is 4.62. The minimum absolute atomic E-state index is 0.406. The van der Waals surface area contributed by atoms with Crippen molar-refractivity contribution in [1.82, 2.24) is 0 Å². The van der Waals surface area contributed by atoms with Gasteiger partial charge in [0.1, 0.15) is 11.5 Å². The fourth-order valence-corrected chi connectivity index (χ4v) is 1.98. The SMILES string of the molecule is CCOc1ccc(NC(C)CCc2ccco2)cc1. The van der Waals surface area contributed by atoms with Gasteiger partial charge in [-0.3, -0.25) is 0 Å². The van der Waals surface area contributed by atoms with Crippen LogP contribution in [-0.2, 0) is 6.42 Å². The molecule has 0 fully saturated rings. The van der Waals surface area contributed by atoms with Crippen LogP contribution < -0.4 is 10.1 Å². The maximum absolute atomic E-state index is 5.42. The van der Waals surface area contributed by atoms with Gasteiger partial charge < -0.3 is 14.5 Å². The molecule has 0 bridgehead atoms. The van der Waals surface area contributed by atoms with Crippen LogP contribution in [0.4, 0.5) is 5.69 Å². The van der Waals surface area contributed by atoms with E-state index in [1.165, 1.54) is 0 Å². The Morgan fingerprint density at radius 1 is 1.21 bits per heavy atom. The molecule has 1 aromatic heterocycles. The summed E-state index contributed by atoms with van der Waals surface area (Å²) in [6.07, 6.45) is 3.72. The van der Waals surface area contributed by atoms with Gasteiger partial charge in [-0.15, -0.1) is 0 Å². The second-order valence-electron chi connectivity index (χ2n) is 4.62. The fourth-order valence-electron chi connectivity index (χ4n) is 1.98. The molecule has 1 aromatic carbocycles. The van der Waals surface area contributed by atoms with Crippen molar-refractivity contribution in [3.05, 3.63) is 48.4 Å². The fraction of sp³-hybridized carbons (Fsp3) is 0.375. The van der Waals surface area contributed by atoms with E-state index in [-0.39, 0.29) is 0 Å². The maximum atomic E-state index is 5.42. The Balaban J connectivity index is 1.79. The molecular formula is C16H21NO2. The molecule has 3 heteroatoms. The lowest BCUT2D eigenvalue weighted by Crippen LogP contribution is -2.15. The van der Waals surface area contributed by atoms with Gasteiger partial charge in [-0.25, -0.2) is 0 Å². The molecule has 0 amide bonds. The van der Waals surface area contributed by atoms with Crippen LogP contribution in [0.5, 0.6) is 5.75 Å². The maximum Gasteiger partial charge on any atom is 0.119 e. The summed E-state index contributed by atoms with van der Waals surface area (Å²) in [6.45, 7) is 4.87. The number of anilines is 1. The molecule has 0 saturated carbocycles. The van der Waals surface area contributed by atoms with Gasteiger partial charge >= 0.3 is 0 Å². The van der Waals surface area contributed by atoms with E-state index in [1.54, 1.807) is 6.26 Å². The van der Waals surface area contributed by atoms with Crippen LogP contribution in [0.15, 0.2) is 47.1 Å². The highest BCUT2D eigenvalue weighted by atomic mass is 16.5. The predicted octanol–water partition coefficient (Wildman–Crippen LogP) is 4.11. The van der Waals surface area contributed by atoms with E-state index < -0.39 is 0 Å². The number of furan rings is 1. The molecule has 1 N–H and O–H groups in total. The Hall–Kier alpha value is -1.90. The topological polar surface area (TPSA) is 34.4 Å². The summed E-state index contributed by atoms with van der Waals surface area (Å²) in [5.41, 5.74) is 1.12. The molecule has 0 saturated heterocycles. The molecule has 0 aliphatic heterocycles. The molecule has 3 nitrogen and oxygen atoms in total. The Morgan fingerprint density at radius 2 is 2.00 bits per heavy atom. The number of hydrogen-bond donors (Lipinski definition) is 1. The third kappa shape index (κ3) is 4.36. The Morgan fingerprint density at radius 3 is 2.63 bits per heavy atom. The van der Waals surface area contributed by atoms with Gasteiger partial charge in [0.15, 0.2) is 0 Å². The first kappa shape index (κ1) is 13.5. The van der Waals surface area contributed by atoms with Crippen LogP contribution in [0.3, 0.4) is 0 Å². The van der Waals surface area contributed by atoms with E-state index in [2.05, 4.69) is 12.2 Å². The lowest BCUT2D eigenvalue weighted by atomic mass is 10.1. The number of nitrogens with one attached hydrogen (secondary N) is 1. The highest BCUT2D eigenvalue weighted by molar-refractivity contribution is 5.46. The zero-order valence-electron chi connectivity index (χ0n) is 11.6. The highest BCUT2D eigenvalue weighted by Gasteiger charge is 2.04. The van der Waals surface area contributed by atoms with Crippen molar-refractivity contribution in [2.75, 3.05) is 11.9 Å². The summed E-state index contributed by atoms with van der Waals surface area (Å²) >= 11 is 0. The molecule has 1 heterocycles. The van der Waals surface area contributed by atoms with Crippen molar-refractivity contribution in [2.45, 2.75) is 32.7 Å². The first-order valence-corrected chi connectivity index (χ1v) is 6.79. The van der Waals surface area contributed by atoms with E-state index in [1.807, 2.05) is 43.3 Å². The molecule has 0 aliphatic rings. The molecule has 2 aromatic rings. The largest absolute Gasteiger partial charge is 0.494 e. The summed E-state index contributed by atoms with van der Waals surface area (Å²) in [6, 6.07) is 12.4. The number of aryl methyl sites for hydroxylation is 1. The van der Waals surface area contributed by atoms with Crippen molar-refractivity contribution in [3.63, 3.8) is 0 Å². The van der Waals surface area contributed by atoms with Gasteiger partial charge in [0.05, 0.1) is 12.9 Å². The Bertz CT molecular complexity index is 462. The zero-order chi connectivity index (χ0) is 13.5. The second kappa shape index (κ2) is 6.88. The third-order valence-corrected chi connectivity index (χ3v) is 2.98. The van der Waals surface area contributed by atoms with Crippen molar-refractivity contribution in [2.24, 2.45) is 0 Å². The summed E-state index contributed by atoms with van der Waals surface area (Å²) in [4.78, 5) is 0. The quantitative estimate of drug-likeness (QED) is 0.812. The molecule has 1 atom stereocenters. The molecule has 2 rings (SSSR count). The predicted molar refractivity (Wildman–Crippen MR) is 77.7 cm³/mol. The first-order chi connectivity index (χ1) is 9.28. The average molecular weight is 259 g/mol. The van der Waals surface area contributed by atoms with Gasteiger partial charge in [-0.05, 0) is 56.7 Å². The minimum atomic E-state index is 0.406. The molecule has 102 valence electrons. The molecule has 0 spiro atoms. The van der Waals surface area contributed by atoms with Crippen LogP contribution in [0, 0.1) is 0 Å². The van der Waals surface area contributed by atoms with Gasteiger partial charge in [-0.1, -0.05) is 0 Å². The van der Waals surface area contributed by atoms with E-state index >= 15 is 0 Å². The number of hydrogen-bond acceptors (Lipinski definition) is 3. The summed E-state index contributed by atoms with van der Waals surface area (Å²) < 4.78 is 10.8. The lowest BCUT2D eigenvalue weighted by Gasteiger charge is -2.15. The number of rotatable bonds is 7. The van der Waals surface area contributed by atoms with Gasteiger partial charge in [0.2, 0.25) is 0 Å². The van der Waals surface area contributed by atoms with Crippen molar-refractivity contribution in [3.8, 4) is 5.75 Å². The standard InChI is InChI=1S/C16H21NO2/c1-3-18-16-10-7-14(8-11-16)17-13(2)6-9-15-5-4-12-19-15/h4-5,7-8,10-13,17H,3,6,9H2,1-2H3. The van der Waals surface area contributed by atoms with Crippen LogP contribution in [-0.4, -0.2) is 12.6 Å². The van der Waals surface area contributed by atoms with E-state index in [0.717, 1.165) is 30.0 Å². The molecule has 19 heavy (non-hydrogen) atoms. The van der Waals surface area contributed by atoms with Crippen LogP contribution in [0.2, 0.25) is 0 Å².